The van der Waals surface area contributed by atoms with Crippen LogP contribution in [0.25, 0.3) is 12.7 Å². The van der Waals surface area contributed by atoms with Crippen LogP contribution in [-0.2, 0) is 0 Å². The van der Waals surface area contributed by atoms with E-state index in [0.717, 1.165) is 16.0 Å². The molecule has 76 valence electrons. The standard InChI is InChI=1S/C11H12.C3H8/c1-9(2)8-11-7-5-4-6-10(11)3;1-3-2/h4-8H,1,3H2,2H3;3H2,1-2H3/b11-8-;. The maximum atomic E-state index is 3.90. The number of benzene rings is 1. The van der Waals surface area contributed by atoms with Crippen molar-refractivity contribution < 1.29 is 0 Å². The van der Waals surface area contributed by atoms with Crippen LogP contribution >= 0.6 is 0 Å². The van der Waals surface area contributed by atoms with Crippen molar-refractivity contribution in [3.05, 3.63) is 46.9 Å². The SMILES string of the molecule is C=C(C)/C=c1/ccccc1=C.CCC. The maximum absolute atomic E-state index is 3.90. The molecule has 0 aliphatic heterocycles. The largest absolute Gasteiger partial charge is 0.0961 e. The lowest BCUT2D eigenvalue weighted by Gasteiger charge is -1.88. The molecule has 0 saturated carbocycles. The van der Waals surface area contributed by atoms with E-state index < -0.39 is 0 Å². The van der Waals surface area contributed by atoms with Gasteiger partial charge in [0.1, 0.15) is 0 Å². The highest BCUT2D eigenvalue weighted by atomic mass is 13.8. The summed E-state index contributed by atoms with van der Waals surface area (Å²) in [5.41, 5.74) is 1.06. The summed E-state index contributed by atoms with van der Waals surface area (Å²) in [7, 11) is 0. The van der Waals surface area contributed by atoms with E-state index in [4.69, 9.17) is 0 Å². The van der Waals surface area contributed by atoms with Crippen LogP contribution < -0.4 is 10.4 Å². The second kappa shape index (κ2) is 7.14. The zero-order valence-electron chi connectivity index (χ0n) is 9.51. The molecule has 1 aromatic carbocycles. The molecule has 0 unspecified atom stereocenters. The average molecular weight is 188 g/mol. The van der Waals surface area contributed by atoms with E-state index in [1.807, 2.05) is 37.3 Å². The molecule has 0 N–H and O–H groups in total. The minimum atomic E-state index is 1.05. The van der Waals surface area contributed by atoms with E-state index in [-0.39, 0.29) is 0 Å². The van der Waals surface area contributed by atoms with Gasteiger partial charge in [-0.25, -0.2) is 0 Å². The highest BCUT2D eigenvalue weighted by Gasteiger charge is 1.79. The van der Waals surface area contributed by atoms with Crippen LogP contribution in [-0.4, -0.2) is 0 Å². The van der Waals surface area contributed by atoms with Gasteiger partial charge in [-0.1, -0.05) is 69.3 Å². The Kier molecular flexibility index (Phi) is 6.47. The predicted molar refractivity (Wildman–Crippen MR) is 66.5 cm³/mol. The van der Waals surface area contributed by atoms with E-state index in [1.54, 1.807) is 0 Å². The Morgan fingerprint density at radius 1 is 1.29 bits per heavy atom. The van der Waals surface area contributed by atoms with Crippen molar-refractivity contribution in [1.29, 1.82) is 0 Å². The molecule has 14 heavy (non-hydrogen) atoms. The Balaban J connectivity index is 0.000000500. The molecular weight excluding hydrogens is 168 g/mol. The van der Waals surface area contributed by atoms with E-state index in [0.29, 0.717) is 0 Å². The maximum Gasteiger partial charge on any atom is -0.0188 e. The minimum Gasteiger partial charge on any atom is -0.0961 e. The van der Waals surface area contributed by atoms with Gasteiger partial charge in [-0.2, -0.15) is 0 Å². The fourth-order valence-electron chi connectivity index (χ4n) is 0.940. The van der Waals surface area contributed by atoms with Crippen LogP contribution in [0.1, 0.15) is 27.2 Å². The normalized spacial score (nSPS) is 10.4. The molecule has 0 nitrogen and oxygen atoms in total. The monoisotopic (exact) mass is 188 g/mol. The van der Waals surface area contributed by atoms with Crippen LogP contribution in [0.15, 0.2) is 36.4 Å². The molecule has 0 spiro atoms. The van der Waals surface area contributed by atoms with Gasteiger partial charge in [0.05, 0.1) is 0 Å². The summed E-state index contributed by atoms with van der Waals surface area (Å²) in [5.74, 6) is 0. The summed E-state index contributed by atoms with van der Waals surface area (Å²) >= 11 is 0. The average Bonchev–Trinajstić information content (AvgIpc) is 2.09. The summed E-state index contributed by atoms with van der Waals surface area (Å²) in [6.07, 6.45) is 3.28. The van der Waals surface area contributed by atoms with Crippen LogP contribution in [0.5, 0.6) is 0 Å². The third-order valence-electron chi connectivity index (χ3n) is 1.46. The first-order chi connectivity index (χ1) is 6.61. The van der Waals surface area contributed by atoms with Gasteiger partial charge >= 0.3 is 0 Å². The second-order valence-electron chi connectivity index (χ2n) is 3.40. The topological polar surface area (TPSA) is 0 Å². The predicted octanol–water partition coefficient (Wildman–Crippen LogP) is 2.87. The first-order valence-corrected chi connectivity index (χ1v) is 5.03. The van der Waals surface area contributed by atoms with Gasteiger partial charge in [0, 0.05) is 0 Å². The van der Waals surface area contributed by atoms with Gasteiger partial charge in [0.15, 0.2) is 0 Å². The zero-order valence-corrected chi connectivity index (χ0v) is 9.51. The van der Waals surface area contributed by atoms with Crippen LogP contribution in [0.4, 0.5) is 0 Å². The number of allylic oxidation sites excluding steroid dienone is 1. The third-order valence-corrected chi connectivity index (χ3v) is 1.46. The Labute approximate surface area is 87.3 Å². The van der Waals surface area contributed by atoms with Crippen LogP contribution in [0.3, 0.4) is 0 Å². The molecule has 1 aromatic rings. The summed E-state index contributed by atoms with van der Waals surface area (Å²) in [4.78, 5) is 0. The van der Waals surface area contributed by atoms with Gasteiger partial charge < -0.3 is 0 Å². The van der Waals surface area contributed by atoms with E-state index in [1.165, 1.54) is 6.42 Å². The molecular formula is C14H20. The van der Waals surface area contributed by atoms with Gasteiger partial charge in [-0.15, -0.1) is 0 Å². The van der Waals surface area contributed by atoms with Crippen molar-refractivity contribution in [2.24, 2.45) is 0 Å². The molecule has 0 amide bonds. The fourth-order valence-corrected chi connectivity index (χ4v) is 0.940. The van der Waals surface area contributed by atoms with E-state index >= 15 is 0 Å². The lowest BCUT2D eigenvalue weighted by atomic mass is 10.2. The van der Waals surface area contributed by atoms with Crippen molar-refractivity contribution in [2.75, 3.05) is 0 Å². The molecule has 0 fully saturated rings. The highest BCUT2D eigenvalue weighted by molar-refractivity contribution is 5.43. The molecule has 0 atom stereocenters. The van der Waals surface area contributed by atoms with Gasteiger partial charge in [0.2, 0.25) is 0 Å². The number of hydrogen-bond donors (Lipinski definition) is 0. The Bertz CT molecular complexity index is 371. The Morgan fingerprint density at radius 2 is 1.79 bits per heavy atom. The van der Waals surface area contributed by atoms with Crippen molar-refractivity contribution in [3.8, 4) is 0 Å². The smallest absolute Gasteiger partial charge is 0.0188 e. The van der Waals surface area contributed by atoms with Crippen molar-refractivity contribution in [2.45, 2.75) is 27.2 Å². The summed E-state index contributed by atoms with van der Waals surface area (Å²) in [6.45, 7) is 13.9. The zero-order chi connectivity index (χ0) is 11.0. The van der Waals surface area contributed by atoms with Crippen LogP contribution in [0.2, 0.25) is 0 Å². The lowest BCUT2D eigenvalue weighted by Crippen LogP contribution is -2.21. The summed E-state index contributed by atoms with van der Waals surface area (Å²) in [6, 6.07) is 8.02. The molecule has 0 radical (unpaired) electrons. The van der Waals surface area contributed by atoms with Gasteiger partial charge in [-0.05, 0) is 17.4 Å². The molecule has 0 heterocycles. The second-order valence-corrected chi connectivity index (χ2v) is 3.40. The quantitative estimate of drug-likeness (QED) is 0.635. The molecule has 1 rings (SSSR count). The van der Waals surface area contributed by atoms with Gasteiger partial charge in [0.25, 0.3) is 0 Å². The Morgan fingerprint density at radius 3 is 2.21 bits per heavy atom. The lowest BCUT2D eigenvalue weighted by molar-refractivity contribution is 1.09. The number of hydrogen-bond acceptors (Lipinski definition) is 0. The van der Waals surface area contributed by atoms with E-state index in [2.05, 4.69) is 27.0 Å². The molecule has 0 aliphatic carbocycles. The van der Waals surface area contributed by atoms with Crippen molar-refractivity contribution >= 4 is 12.7 Å². The minimum absolute atomic E-state index is 1.05. The summed E-state index contributed by atoms with van der Waals surface area (Å²) in [5, 5.41) is 2.20. The molecule has 0 aromatic heterocycles. The van der Waals surface area contributed by atoms with E-state index in [9.17, 15) is 0 Å². The first-order valence-electron chi connectivity index (χ1n) is 5.03. The first kappa shape index (κ1) is 12.7. The van der Waals surface area contributed by atoms with Crippen LogP contribution in [0, 0.1) is 0 Å². The fraction of sp³-hybridized carbons (Fsp3) is 0.286. The molecule has 0 heteroatoms. The van der Waals surface area contributed by atoms with Gasteiger partial charge in [-0.3, -0.25) is 0 Å². The van der Waals surface area contributed by atoms with Crippen molar-refractivity contribution in [3.63, 3.8) is 0 Å². The summed E-state index contributed by atoms with van der Waals surface area (Å²) < 4.78 is 0. The molecule has 0 bridgehead atoms. The highest BCUT2D eigenvalue weighted by Crippen LogP contribution is 1.84. The van der Waals surface area contributed by atoms with Crippen molar-refractivity contribution in [1.82, 2.24) is 0 Å². The number of rotatable bonds is 1. The Hall–Kier alpha value is -1.30. The molecule has 0 saturated heterocycles. The third kappa shape index (κ3) is 5.36. The molecule has 0 aliphatic rings.